The Balaban J connectivity index is 1.22. The number of nitrogens with zero attached hydrogens (tertiary/aromatic N) is 2. The number of aromatic nitrogens is 1. The van der Waals surface area contributed by atoms with Crippen molar-refractivity contribution >= 4 is 16.8 Å². The predicted molar refractivity (Wildman–Crippen MR) is 170 cm³/mol. The average Bonchev–Trinajstić information content (AvgIpc) is 3.56. The monoisotopic (exact) mass is 600 g/mol. The van der Waals surface area contributed by atoms with Crippen LogP contribution in [-0.2, 0) is 17.3 Å². The van der Waals surface area contributed by atoms with Gasteiger partial charge >= 0.3 is 6.18 Å². The molecule has 0 bridgehead atoms. The third kappa shape index (κ3) is 6.02. The third-order valence-electron chi connectivity index (χ3n) is 7.78. The van der Waals surface area contributed by atoms with Crippen LogP contribution in [0.25, 0.3) is 22.0 Å². The van der Waals surface area contributed by atoms with Gasteiger partial charge in [-0.05, 0) is 70.6 Å². The van der Waals surface area contributed by atoms with Crippen LogP contribution in [0.15, 0.2) is 139 Å². The Hall–Kier alpha value is -5.43. The highest BCUT2D eigenvalue weighted by atomic mass is 19.4. The smallest absolute Gasteiger partial charge is 0.418 e. The van der Waals surface area contributed by atoms with Gasteiger partial charge in [0.05, 0.1) is 17.6 Å². The maximum atomic E-state index is 14.0. The van der Waals surface area contributed by atoms with Gasteiger partial charge in [0.15, 0.2) is 0 Å². The number of ether oxygens (including phenoxy) is 2. The first-order valence-corrected chi connectivity index (χ1v) is 14.6. The lowest BCUT2D eigenvalue weighted by Crippen LogP contribution is -2.07. The molecule has 0 spiro atoms. The summed E-state index contributed by atoms with van der Waals surface area (Å²) in [7, 11) is 0. The summed E-state index contributed by atoms with van der Waals surface area (Å²) in [6.07, 6.45) is -2.60. The van der Waals surface area contributed by atoms with Gasteiger partial charge in [0.1, 0.15) is 17.6 Å². The molecule has 45 heavy (non-hydrogen) atoms. The Morgan fingerprint density at radius 3 is 2.13 bits per heavy atom. The van der Waals surface area contributed by atoms with Crippen molar-refractivity contribution in [1.29, 1.82) is 0 Å². The first kappa shape index (κ1) is 28.3. The standard InChI is InChI=1S/C38H27F3N2O2/c39-38(40,41)33-19-9-18-32-35(29(23-42-36(32)33)20-25-10-3-1-4-11-25)27-14-7-16-30(21-27)44-31-17-8-15-28(22-31)37-43-24-34(45-37)26-12-5-2-6-13-26/h1-19,21-23,34H,20,24H2. The lowest BCUT2D eigenvalue weighted by molar-refractivity contribution is -0.136. The zero-order chi connectivity index (χ0) is 30.8. The second kappa shape index (κ2) is 11.9. The molecule has 222 valence electrons. The maximum Gasteiger partial charge on any atom is 0.418 e. The second-order valence-corrected chi connectivity index (χ2v) is 10.8. The quantitative estimate of drug-likeness (QED) is 0.183. The Morgan fingerprint density at radius 1 is 0.733 bits per heavy atom. The van der Waals surface area contributed by atoms with Crippen molar-refractivity contribution in [2.24, 2.45) is 4.99 Å². The molecular weight excluding hydrogens is 573 g/mol. The van der Waals surface area contributed by atoms with Crippen molar-refractivity contribution in [3.8, 4) is 22.6 Å². The van der Waals surface area contributed by atoms with Gasteiger partial charge < -0.3 is 9.47 Å². The Labute approximate surface area is 258 Å². The van der Waals surface area contributed by atoms with Crippen molar-refractivity contribution in [1.82, 2.24) is 4.98 Å². The summed E-state index contributed by atoms with van der Waals surface area (Å²) in [5, 5.41) is 0.432. The molecule has 0 saturated heterocycles. The molecule has 0 N–H and O–H groups in total. The number of benzene rings is 5. The fraction of sp³-hybridized carbons (Fsp3) is 0.105. The minimum Gasteiger partial charge on any atom is -0.467 e. The van der Waals surface area contributed by atoms with E-state index in [1.807, 2.05) is 109 Å². The molecule has 0 amide bonds. The van der Waals surface area contributed by atoms with Crippen LogP contribution in [0.2, 0.25) is 0 Å². The highest BCUT2D eigenvalue weighted by molar-refractivity contribution is 5.98. The minimum absolute atomic E-state index is 0.0815. The molecule has 2 heterocycles. The zero-order valence-corrected chi connectivity index (χ0v) is 24.0. The van der Waals surface area contributed by atoms with Crippen LogP contribution >= 0.6 is 0 Å². The topological polar surface area (TPSA) is 43.7 Å². The molecule has 1 aliphatic rings. The molecule has 1 unspecified atom stereocenters. The average molecular weight is 601 g/mol. The van der Waals surface area contributed by atoms with Crippen molar-refractivity contribution in [3.05, 3.63) is 161 Å². The Bertz CT molecular complexity index is 2010. The molecule has 1 aliphatic heterocycles. The highest BCUT2D eigenvalue weighted by Crippen LogP contribution is 2.40. The van der Waals surface area contributed by atoms with E-state index in [0.29, 0.717) is 41.3 Å². The van der Waals surface area contributed by atoms with Crippen LogP contribution in [0, 0.1) is 0 Å². The fourth-order valence-electron chi connectivity index (χ4n) is 5.70. The Kier molecular flexibility index (Phi) is 7.51. The molecule has 0 aliphatic carbocycles. The summed E-state index contributed by atoms with van der Waals surface area (Å²) in [6.45, 7) is 0.535. The fourth-order valence-corrected chi connectivity index (χ4v) is 5.70. The van der Waals surface area contributed by atoms with E-state index >= 15 is 0 Å². The number of hydrogen-bond donors (Lipinski definition) is 0. The van der Waals surface area contributed by atoms with Crippen LogP contribution in [0.5, 0.6) is 11.5 Å². The lowest BCUT2D eigenvalue weighted by Gasteiger charge is -2.17. The molecule has 7 rings (SSSR count). The molecule has 1 aromatic heterocycles. The van der Waals surface area contributed by atoms with E-state index in [9.17, 15) is 13.2 Å². The number of halogens is 3. The van der Waals surface area contributed by atoms with Gasteiger partial charge in [0, 0.05) is 17.1 Å². The number of hydrogen-bond acceptors (Lipinski definition) is 4. The van der Waals surface area contributed by atoms with Gasteiger partial charge in [0.25, 0.3) is 0 Å². The van der Waals surface area contributed by atoms with Gasteiger partial charge in [-0.25, -0.2) is 4.99 Å². The number of para-hydroxylation sites is 1. The van der Waals surface area contributed by atoms with E-state index in [2.05, 4.69) is 9.98 Å². The molecule has 5 aromatic carbocycles. The molecular formula is C38H27F3N2O2. The van der Waals surface area contributed by atoms with Crippen LogP contribution in [0.1, 0.15) is 33.9 Å². The number of aliphatic imine (C=N–C) groups is 1. The number of fused-ring (bicyclic) bond motifs is 1. The van der Waals surface area contributed by atoms with E-state index in [4.69, 9.17) is 9.47 Å². The van der Waals surface area contributed by atoms with Gasteiger partial charge in [0.2, 0.25) is 5.90 Å². The molecule has 7 heteroatoms. The van der Waals surface area contributed by atoms with Crippen molar-refractivity contribution < 1.29 is 22.6 Å². The molecule has 0 saturated carbocycles. The first-order valence-electron chi connectivity index (χ1n) is 14.6. The SMILES string of the molecule is FC(F)(F)c1cccc2c(-c3cccc(Oc4cccc(C5=NCC(c6ccccc6)O5)c4)c3)c(Cc3ccccc3)cnc12. The Morgan fingerprint density at radius 2 is 1.40 bits per heavy atom. The van der Waals surface area contributed by atoms with Gasteiger partial charge in [-0.3, -0.25) is 4.98 Å². The van der Waals surface area contributed by atoms with E-state index in [0.717, 1.165) is 33.9 Å². The predicted octanol–water partition coefficient (Wildman–Crippen LogP) is 9.82. The van der Waals surface area contributed by atoms with Crippen molar-refractivity contribution in [2.45, 2.75) is 18.7 Å². The highest BCUT2D eigenvalue weighted by Gasteiger charge is 2.33. The molecule has 6 aromatic rings. The lowest BCUT2D eigenvalue weighted by atomic mass is 9.92. The second-order valence-electron chi connectivity index (χ2n) is 10.8. The number of rotatable bonds is 7. The van der Waals surface area contributed by atoms with Gasteiger partial charge in [-0.2, -0.15) is 13.2 Å². The van der Waals surface area contributed by atoms with E-state index in [-0.39, 0.29) is 11.6 Å². The molecule has 4 nitrogen and oxygen atoms in total. The summed E-state index contributed by atoms with van der Waals surface area (Å²) >= 11 is 0. The van der Waals surface area contributed by atoms with Crippen LogP contribution in [0.4, 0.5) is 13.2 Å². The van der Waals surface area contributed by atoms with Crippen LogP contribution < -0.4 is 4.74 Å². The largest absolute Gasteiger partial charge is 0.467 e. The number of pyridine rings is 1. The van der Waals surface area contributed by atoms with Crippen molar-refractivity contribution in [3.63, 3.8) is 0 Å². The molecule has 1 atom stereocenters. The first-order chi connectivity index (χ1) is 21.9. The van der Waals surface area contributed by atoms with Crippen LogP contribution in [-0.4, -0.2) is 17.4 Å². The van der Waals surface area contributed by atoms with Gasteiger partial charge in [-0.1, -0.05) is 91.0 Å². The van der Waals surface area contributed by atoms with E-state index in [1.54, 1.807) is 12.3 Å². The minimum atomic E-state index is -4.53. The number of alkyl halides is 3. The van der Waals surface area contributed by atoms with Crippen molar-refractivity contribution in [2.75, 3.05) is 6.54 Å². The van der Waals surface area contributed by atoms with E-state index < -0.39 is 11.7 Å². The summed E-state index contributed by atoms with van der Waals surface area (Å²) < 4.78 is 54.4. The summed E-state index contributed by atoms with van der Waals surface area (Å²) in [5.41, 5.74) is 4.29. The van der Waals surface area contributed by atoms with Crippen LogP contribution in [0.3, 0.4) is 0 Å². The molecule has 0 fully saturated rings. The van der Waals surface area contributed by atoms with E-state index in [1.165, 1.54) is 6.07 Å². The zero-order valence-electron chi connectivity index (χ0n) is 24.0. The summed E-state index contributed by atoms with van der Waals surface area (Å²) in [5.74, 6) is 1.68. The van der Waals surface area contributed by atoms with Gasteiger partial charge in [-0.15, -0.1) is 0 Å². The third-order valence-corrected chi connectivity index (χ3v) is 7.78. The molecule has 0 radical (unpaired) electrons. The normalized spacial score (nSPS) is 14.6. The summed E-state index contributed by atoms with van der Waals surface area (Å²) in [4.78, 5) is 8.93. The summed E-state index contributed by atoms with van der Waals surface area (Å²) in [6, 6.07) is 38.9. The maximum absolute atomic E-state index is 14.0.